The van der Waals surface area contributed by atoms with E-state index in [0.29, 0.717) is 16.5 Å². The highest BCUT2D eigenvalue weighted by atomic mass is 32.2. The van der Waals surface area contributed by atoms with E-state index >= 15 is 0 Å². The van der Waals surface area contributed by atoms with Crippen molar-refractivity contribution >= 4 is 60.1 Å². The van der Waals surface area contributed by atoms with E-state index in [-0.39, 0.29) is 0 Å². The Labute approximate surface area is 240 Å². The Morgan fingerprint density at radius 2 is 1.26 bits per heavy atom. The van der Waals surface area contributed by atoms with Crippen LogP contribution in [0.25, 0.3) is 21.5 Å². The van der Waals surface area contributed by atoms with E-state index in [0.717, 1.165) is 33.5 Å². The molecule has 6 aromatic carbocycles. The molecule has 0 bridgehead atoms. The Morgan fingerprint density at radius 3 is 1.98 bits per heavy atom. The summed E-state index contributed by atoms with van der Waals surface area (Å²) in [6.07, 6.45) is 0. The van der Waals surface area contributed by atoms with Crippen LogP contribution >= 0.6 is 0 Å². The molecule has 42 heavy (non-hydrogen) atoms. The zero-order valence-electron chi connectivity index (χ0n) is 21.9. The molecular weight excluding hydrogens is 561 g/mol. The van der Waals surface area contributed by atoms with E-state index in [9.17, 15) is 21.6 Å². The van der Waals surface area contributed by atoms with Gasteiger partial charge in [0.05, 0.1) is 5.69 Å². The van der Waals surface area contributed by atoms with Gasteiger partial charge in [-0.3, -0.25) is 0 Å². The van der Waals surface area contributed by atoms with Gasteiger partial charge in [-0.05, 0) is 71.4 Å². The van der Waals surface area contributed by atoms with E-state index in [1.807, 2.05) is 114 Å². The maximum Gasteiger partial charge on any atom is 0.534 e. The molecule has 210 valence electrons. The molecule has 0 aliphatic rings. The highest BCUT2D eigenvalue weighted by molar-refractivity contribution is 7.88. The fraction of sp³-hybridized carbons (Fsp3) is 0.0303. The van der Waals surface area contributed by atoms with Gasteiger partial charge in [0.2, 0.25) is 0 Å². The molecule has 0 spiro atoms. The van der Waals surface area contributed by atoms with Crippen molar-refractivity contribution in [2.75, 3.05) is 10.2 Å². The van der Waals surface area contributed by atoms with Gasteiger partial charge in [0.25, 0.3) is 0 Å². The lowest BCUT2D eigenvalue weighted by molar-refractivity contribution is -0.0500. The first-order valence-corrected chi connectivity index (χ1v) is 14.3. The van der Waals surface area contributed by atoms with Crippen LogP contribution in [-0.2, 0) is 10.1 Å². The third kappa shape index (κ3) is 5.34. The van der Waals surface area contributed by atoms with E-state index in [1.165, 1.54) is 18.2 Å². The average molecular weight is 585 g/mol. The van der Waals surface area contributed by atoms with Crippen LogP contribution in [0.15, 0.2) is 133 Å². The summed E-state index contributed by atoms with van der Waals surface area (Å²) in [6, 6.07) is 40.9. The fourth-order valence-corrected chi connectivity index (χ4v) is 5.30. The third-order valence-corrected chi connectivity index (χ3v) is 7.73. The van der Waals surface area contributed by atoms with Gasteiger partial charge >= 0.3 is 15.6 Å². The number of halogens is 3. The van der Waals surface area contributed by atoms with Crippen molar-refractivity contribution in [2.45, 2.75) is 5.51 Å². The first-order valence-electron chi connectivity index (χ1n) is 12.9. The minimum Gasteiger partial charge on any atom is -0.376 e. The summed E-state index contributed by atoms with van der Waals surface area (Å²) >= 11 is 0. The van der Waals surface area contributed by atoms with Crippen LogP contribution in [0.1, 0.15) is 0 Å². The van der Waals surface area contributed by atoms with E-state index in [4.69, 9.17) is 0 Å². The molecule has 0 saturated heterocycles. The van der Waals surface area contributed by atoms with E-state index in [1.54, 1.807) is 6.07 Å². The third-order valence-electron chi connectivity index (χ3n) is 6.75. The molecule has 1 N–H and O–H groups in total. The van der Waals surface area contributed by atoms with Gasteiger partial charge in [-0.25, -0.2) is 0 Å². The van der Waals surface area contributed by atoms with Gasteiger partial charge in [0, 0.05) is 33.5 Å². The molecule has 0 aliphatic carbocycles. The number of anilines is 5. The normalized spacial score (nSPS) is 11.9. The predicted octanol–water partition coefficient (Wildman–Crippen LogP) is 9.43. The predicted molar refractivity (Wildman–Crippen MR) is 161 cm³/mol. The van der Waals surface area contributed by atoms with Crippen LogP contribution in [0.2, 0.25) is 0 Å². The molecule has 0 fully saturated rings. The number of hydrogen-bond acceptors (Lipinski definition) is 5. The van der Waals surface area contributed by atoms with Crippen molar-refractivity contribution in [1.82, 2.24) is 0 Å². The van der Waals surface area contributed by atoms with Crippen molar-refractivity contribution < 1.29 is 25.8 Å². The maximum atomic E-state index is 13.1. The highest BCUT2D eigenvalue weighted by Gasteiger charge is 2.48. The molecule has 0 aliphatic heterocycles. The van der Waals surface area contributed by atoms with Gasteiger partial charge in [0.1, 0.15) is 5.75 Å². The van der Waals surface area contributed by atoms with Crippen molar-refractivity contribution in [1.29, 1.82) is 0 Å². The van der Waals surface area contributed by atoms with Gasteiger partial charge in [-0.15, -0.1) is 0 Å². The standard InChI is InChI=1S/C33H23F3N2O3S/c34-33(35,36)42(39,40)41-28-20-18-24-10-8-16-32(30(24)22-28)38(26-13-5-2-6-14-26)27-19-17-23-9-7-15-31(29(23)21-27)37-25-11-3-1-4-12-25/h1-22,37H. The number of nitrogens with zero attached hydrogens (tertiary/aromatic N) is 1. The Morgan fingerprint density at radius 1 is 0.619 bits per heavy atom. The molecule has 0 saturated carbocycles. The second kappa shape index (κ2) is 10.8. The molecule has 5 nitrogen and oxygen atoms in total. The topological polar surface area (TPSA) is 58.6 Å². The lowest BCUT2D eigenvalue weighted by Crippen LogP contribution is -2.28. The molecule has 6 rings (SSSR count). The van der Waals surface area contributed by atoms with E-state index < -0.39 is 21.4 Å². The van der Waals surface area contributed by atoms with Crippen LogP contribution in [0.5, 0.6) is 5.75 Å². The summed E-state index contributed by atoms with van der Waals surface area (Å²) in [5.41, 5.74) is -1.50. The zero-order chi connectivity index (χ0) is 29.3. The molecule has 0 radical (unpaired) electrons. The summed E-state index contributed by atoms with van der Waals surface area (Å²) in [7, 11) is -5.83. The number of para-hydroxylation sites is 2. The molecular formula is C33H23F3N2O3S. The Hall–Kier alpha value is -5.02. The molecule has 0 unspecified atom stereocenters. The second-order valence-electron chi connectivity index (χ2n) is 9.52. The van der Waals surface area contributed by atoms with Crippen molar-refractivity contribution in [2.24, 2.45) is 0 Å². The summed E-state index contributed by atoms with van der Waals surface area (Å²) in [4.78, 5) is 1.98. The first kappa shape index (κ1) is 27.2. The number of fused-ring (bicyclic) bond motifs is 2. The summed E-state index contributed by atoms with van der Waals surface area (Å²) in [6.45, 7) is 0. The van der Waals surface area contributed by atoms with Crippen molar-refractivity contribution in [3.63, 3.8) is 0 Å². The molecule has 0 atom stereocenters. The Bertz CT molecular complexity index is 2000. The van der Waals surface area contributed by atoms with Gasteiger partial charge in [-0.2, -0.15) is 21.6 Å². The van der Waals surface area contributed by atoms with Crippen LogP contribution in [0, 0.1) is 0 Å². The van der Waals surface area contributed by atoms with Gasteiger partial charge < -0.3 is 14.4 Å². The lowest BCUT2D eigenvalue weighted by atomic mass is 10.0. The van der Waals surface area contributed by atoms with Gasteiger partial charge in [0.15, 0.2) is 0 Å². The Balaban J connectivity index is 1.52. The first-order chi connectivity index (χ1) is 20.2. The number of benzene rings is 6. The van der Waals surface area contributed by atoms with Crippen LogP contribution in [-0.4, -0.2) is 13.9 Å². The monoisotopic (exact) mass is 584 g/mol. The zero-order valence-corrected chi connectivity index (χ0v) is 22.7. The van der Waals surface area contributed by atoms with Crippen molar-refractivity contribution in [3.8, 4) is 5.75 Å². The Kier molecular flexibility index (Phi) is 6.96. The minimum absolute atomic E-state index is 0.437. The number of rotatable bonds is 7. The quantitative estimate of drug-likeness (QED) is 0.150. The average Bonchev–Trinajstić information content (AvgIpc) is 2.98. The fourth-order valence-electron chi connectivity index (χ4n) is 4.85. The summed E-state index contributed by atoms with van der Waals surface area (Å²) < 4.78 is 67.1. The molecule has 0 amide bonds. The van der Waals surface area contributed by atoms with Crippen molar-refractivity contribution in [3.05, 3.63) is 133 Å². The number of alkyl halides is 3. The summed E-state index contributed by atoms with van der Waals surface area (Å²) in [5, 5.41) is 6.65. The lowest BCUT2D eigenvalue weighted by Gasteiger charge is -2.27. The van der Waals surface area contributed by atoms with E-state index in [2.05, 4.69) is 9.50 Å². The number of hydrogen-bond donors (Lipinski definition) is 1. The summed E-state index contributed by atoms with van der Waals surface area (Å²) in [5.74, 6) is -0.437. The second-order valence-corrected chi connectivity index (χ2v) is 11.1. The highest BCUT2D eigenvalue weighted by Crippen LogP contribution is 2.42. The molecule has 9 heteroatoms. The number of nitrogens with one attached hydrogen (secondary N) is 1. The molecule has 0 heterocycles. The molecule has 0 aromatic heterocycles. The van der Waals surface area contributed by atoms with Crippen LogP contribution in [0.4, 0.5) is 41.6 Å². The smallest absolute Gasteiger partial charge is 0.376 e. The molecule has 6 aromatic rings. The van der Waals surface area contributed by atoms with Crippen LogP contribution < -0.4 is 14.4 Å². The SMILES string of the molecule is O=S(=O)(Oc1ccc2cccc(N(c3ccccc3)c3ccc4cccc(Nc5ccccc5)c4c3)c2c1)C(F)(F)F. The van der Waals surface area contributed by atoms with Gasteiger partial charge in [-0.1, -0.05) is 72.8 Å². The van der Waals surface area contributed by atoms with Crippen LogP contribution in [0.3, 0.4) is 0 Å². The largest absolute Gasteiger partial charge is 0.534 e. The minimum atomic E-state index is -5.83. The maximum absolute atomic E-state index is 13.1.